The molecule has 0 spiro atoms. The van der Waals surface area contributed by atoms with E-state index in [0.717, 1.165) is 32.0 Å². The number of carbonyl (C=O) groups excluding carboxylic acids is 1. The van der Waals surface area contributed by atoms with Gasteiger partial charge in [0.1, 0.15) is 11.5 Å². The third kappa shape index (κ3) is 3.64. The Balaban J connectivity index is 1.31. The van der Waals surface area contributed by atoms with E-state index in [4.69, 9.17) is 0 Å². The van der Waals surface area contributed by atoms with Gasteiger partial charge >= 0.3 is 0 Å². The molecule has 4 rings (SSSR count). The quantitative estimate of drug-likeness (QED) is 0.781. The Morgan fingerprint density at radius 1 is 1.07 bits per heavy atom. The van der Waals surface area contributed by atoms with Gasteiger partial charge in [-0.3, -0.25) is 14.5 Å². The summed E-state index contributed by atoms with van der Waals surface area (Å²) in [5.41, 5.74) is 0.158. The second kappa shape index (κ2) is 7.71. The van der Waals surface area contributed by atoms with Crippen LogP contribution in [0.5, 0.6) is 0 Å². The largest absolute Gasteiger partial charge is 0.354 e. The molecule has 4 heterocycles. The first kappa shape index (κ1) is 18.6. The summed E-state index contributed by atoms with van der Waals surface area (Å²) in [6.45, 7) is 9.03. The van der Waals surface area contributed by atoms with E-state index in [1.54, 1.807) is 0 Å². The van der Waals surface area contributed by atoms with Crippen molar-refractivity contribution in [3.8, 4) is 0 Å². The summed E-state index contributed by atoms with van der Waals surface area (Å²) >= 11 is 0. The molecule has 0 N–H and O–H groups in total. The minimum absolute atomic E-state index is 0.0696. The number of likely N-dealkylation sites (tertiary alicyclic amines) is 1. The van der Waals surface area contributed by atoms with E-state index < -0.39 is 0 Å². The van der Waals surface area contributed by atoms with Gasteiger partial charge in [-0.15, -0.1) is 0 Å². The van der Waals surface area contributed by atoms with Crippen LogP contribution in [0, 0.1) is 0 Å². The van der Waals surface area contributed by atoms with E-state index in [1.807, 2.05) is 43.1 Å². The smallest absolute Gasteiger partial charge is 0.274 e. The Kier molecular flexibility index (Phi) is 5.13. The van der Waals surface area contributed by atoms with Crippen molar-refractivity contribution in [2.24, 2.45) is 0 Å². The SMILES string of the molecule is CC(C)n1nc(C(=O)N2CC(N3CCN(c4ccccn4)CC3)C2)ccc1=O. The number of aromatic nitrogens is 3. The van der Waals surface area contributed by atoms with Crippen molar-refractivity contribution in [3.63, 3.8) is 0 Å². The normalized spacial score (nSPS) is 18.4. The monoisotopic (exact) mass is 382 g/mol. The number of hydrogen-bond acceptors (Lipinski definition) is 6. The Hall–Kier alpha value is -2.74. The molecule has 2 fully saturated rings. The van der Waals surface area contributed by atoms with Crippen LogP contribution in [0.25, 0.3) is 0 Å². The second-order valence-electron chi connectivity index (χ2n) is 7.67. The summed E-state index contributed by atoms with van der Waals surface area (Å²) in [6.07, 6.45) is 1.83. The van der Waals surface area contributed by atoms with Crippen LogP contribution in [0.2, 0.25) is 0 Å². The van der Waals surface area contributed by atoms with Crippen molar-refractivity contribution in [1.82, 2.24) is 24.6 Å². The summed E-state index contributed by atoms with van der Waals surface area (Å²) in [6, 6.07) is 9.27. The van der Waals surface area contributed by atoms with Crippen molar-refractivity contribution in [2.45, 2.75) is 25.9 Å². The fraction of sp³-hybridized carbons (Fsp3) is 0.500. The van der Waals surface area contributed by atoms with E-state index in [9.17, 15) is 9.59 Å². The number of hydrogen-bond donors (Lipinski definition) is 0. The van der Waals surface area contributed by atoms with Gasteiger partial charge in [0, 0.05) is 57.6 Å². The standard InChI is InChI=1S/C20H26N6O2/c1-15(2)26-19(27)7-6-17(22-26)20(28)25-13-16(14-25)23-9-11-24(12-10-23)18-5-3-4-8-21-18/h3-8,15-16H,9-14H2,1-2H3. The van der Waals surface area contributed by atoms with E-state index in [1.165, 1.54) is 16.8 Å². The fourth-order valence-corrected chi connectivity index (χ4v) is 3.78. The zero-order chi connectivity index (χ0) is 19.7. The summed E-state index contributed by atoms with van der Waals surface area (Å²) in [7, 11) is 0. The molecule has 0 unspecified atom stereocenters. The first-order chi connectivity index (χ1) is 13.5. The van der Waals surface area contributed by atoms with Crippen LogP contribution in [0.3, 0.4) is 0 Å². The predicted octanol–water partition coefficient (Wildman–Crippen LogP) is 0.866. The van der Waals surface area contributed by atoms with Gasteiger partial charge in [-0.25, -0.2) is 9.67 Å². The van der Waals surface area contributed by atoms with Crippen molar-refractivity contribution >= 4 is 11.7 Å². The average Bonchev–Trinajstić information content (AvgIpc) is 2.68. The van der Waals surface area contributed by atoms with Crippen LogP contribution in [-0.2, 0) is 0 Å². The van der Waals surface area contributed by atoms with Crippen molar-refractivity contribution in [3.05, 3.63) is 52.6 Å². The van der Waals surface area contributed by atoms with E-state index in [0.29, 0.717) is 24.8 Å². The summed E-state index contributed by atoms with van der Waals surface area (Å²) in [5.74, 6) is 0.927. The Labute approximate surface area is 164 Å². The Morgan fingerprint density at radius 2 is 1.82 bits per heavy atom. The lowest BCUT2D eigenvalue weighted by molar-refractivity contribution is 0.0239. The number of rotatable bonds is 4. The molecular formula is C20H26N6O2. The van der Waals surface area contributed by atoms with E-state index in [-0.39, 0.29) is 17.5 Å². The maximum absolute atomic E-state index is 12.7. The van der Waals surface area contributed by atoms with Gasteiger partial charge in [-0.2, -0.15) is 5.10 Å². The van der Waals surface area contributed by atoms with Crippen molar-refractivity contribution in [2.75, 3.05) is 44.2 Å². The molecule has 0 aromatic carbocycles. The van der Waals surface area contributed by atoms with Gasteiger partial charge in [0.25, 0.3) is 11.5 Å². The molecule has 0 radical (unpaired) electrons. The first-order valence-corrected chi connectivity index (χ1v) is 9.82. The number of piperazine rings is 1. The number of nitrogens with zero attached hydrogens (tertiary/aromatic N) is 6. The first-order valence-electron chi connectivity index (χ1n) is 9.82. The minimum atomic E-state index is -0.182. The summed E-state index contributed by atoms with van der Waals surface area (Å²) in [5, 5.41) is 4.24. The lowest BCUT2D eigenvalue weighted by Crippen LogP contribution is -2.64. The van der Waals surface area contributed by atoms with E-state index >= 15 is 0 Å². The maximum Gasteiger partial charge on any atom is 0.274 e. The van der Waals surface area contributed by atoms with Crippen molar-refractivity contribution < 1.29 is 4.79 Å². The number of anilines is 1. The van der Waals surface area contributed by atoms with Gasteiger partial charge < -0.3 is 9.80 Å². The van der Waals surface area contributed by atoms with Gasteiger partial charge in [0.2, 0.25) is 0 Å². The van der Waals surface area contributed by atoms with Crippen LogP contribution in [0.1, 0.15) is 30.4 Å². The predicted molar refractivity (Wildman–Crippen MR) is 107 cm³/mol. The Morgan fingerprint density at radius 3 is 2.46 bits per heavy atom. The second-order valence-corrected chi connectivity index (χ2v) is 7.67. The number of amides is 1. The van der Waals surface area contributed by atoms with Gasteiger partial charge in [-0.1, -0.05) is 6.07 Å². The molecule has 0 aliphatic carbocycles. The number of carbonyl (C=O) groups is 1. The maximum atomic E-state index is 12.7. The minimum Gasteiger partial charge on any atom is -0.354 e. The summed E-state index contributed by atoms with van der Waals surface area (Å²) in [4.78, 5) is 35.5. The third-order valence-corrected chi connectivity index (χ3v) is 5.49. The Bertz CT molecular complexity index is 883. The molecule has 8 nitrogen and oxygen atoms in total. The van der Waals surface area contributed by atoms with Crippen LogP contribution in [0.15, 0.2) is 41.3 Å². The molecule has 0 bridgehead atoms. The molecule has 1 amide bonds. The van der Waals surface area contributed by atoms with Crippen molar-refractivity contribution in [1.29, 1.82) is 0 Å². The highest BCUT2D eigenvalue weighted by Gasteiger charge is 2.37. The summed E-state index contributed by atoms with van der Waals surface area (Å²) < 4.78 is 1.36. The third-order valence-electron chi connectivity index (χ3n) is 5.49. The average molecular weight is 382 g/mol. The molecule has 8 heteroatoms. The molecular weight excluding hydrogens is 356 g/mol. The molecule has 0 atom stereocenters. The van der Waals surface area contributed by atoms with Crippen LogP contribution in [0.4, 0.5) is 5.82 Å². The molecule has 2 saturated heterocycles. The van der Waals surface area contributed by atoms with Crippen LogP contribution >= 0.6 is 0 Å². The molecule has 148 valence electrons. The van der Waals surface area contributed by atoms with Crippen LogP contribution < -0.4 is 10.5 Å². The highest BCUT2D eigenvalue weighted by molar-refractivity contribution is 5.92. The molecule has 2 aromatic rings. The zero-order valence-electron chi connectivity index (χ0n) is 16.4. The van der Waals surface area contributed by atoms with Gasteiger partial charge in [0.05, 0.1) is 6.04 Å². The molecule has 0 saturated carbocycles. The van der Waals surface area contributed by atoms with Crippen LogP contribution in [-0.4, -0.2) is 75.8 Å². The molecule has 28 heavy (non-hydrogen) atoms. The number of pyridine rings is 1. The van der Waals surface area contributed by atoms with Gasteiger partial charge in [0.15, 0.2) is 0 Å². The molecule has 2 aromatic heterocycles. The lowest BCUT2D eigenvalue weighted by Gasteiger charge is -2.48. The van der Waals surface area contributed by atoms with Gasteiger partial charge in [-0.05, 0) is 32.0 Å². The highest BCUT2D eigenvalue weighted by atomic mass is 16.2. The highest BCUT2D eigenvalue weighted by Crippen LogP contribution is 2.20. The molecule has 2 aliphatic rings. The van der Waals surface area contributed by atoms with E-state index in [2.05, 4.69) is 19.9 Å². The zero-order valence-corrected chi connectivity index (χ0v) is 16.4. The molecule has 2 aliphatic heterocycles. The topological polar surface area (TPSA) is 74.6 Å². The fourth-order valence-electron chi connectivity index (χ4n) is 3.78. The lowest BCUT2D eigenvalue weighted by atomic mass is 10.1.